The van der Waals surface area contributed by atoms with Gasteiger partial charge < -0.3 is 14.6 Å². The van der Waals surface area contributed by atoms with E-state index in [1.165, 1.54) is 16.8 Å². The highest BCUT2D eigenvalue weighted by Gasteiger charge is 2.27. The van der Waals surface area contributed by atoms with E-state index in [4.69, 9.17) is 0 Å². The first-order valence-corrected chi connectivity index (χ1v) is 7.48. The number of halogens is 3. The molecule has 0 unspecified atom stereocenters. The molecule has 0 saturated heterocycles. The lowest BCUT2D eigenvalue weighted by atomic mass is 10.1. The number of carbonyl (C=O) groups is 1. The monoisotopic (exact) mass is 354 g/mol. The lowest BCUT2D eigenvalue weighted by molar-refractivity contribution is -0.176. The van der Waals surface area contributed by atoms with Crippen LogP contribution < -0.4 is 10.9 Å². The maximum Gasteiger partial charge on any atom is 0.411 e. The summed E-state index contributed by atoms with van der Waals surface area (Å²) in [4.78, 5) is 23.4. The SMILES string of the molecule is O=C(Cn1ccccc1=O)NCc1ccc(COCC(F)(F)F)cc1. The van der Waals surface area contributed by atoms with Crippen LogP contribution >= 0.6 is 0 Å². The van der Waals surface area contributed by atoms with Crippen molar-refractivity contribution in [2.75, 3.05) is 6.61 Å². The highest BCUT2D eigenvalue weighted by atomic mass is 19.4. The Hall–Kier alpha value is -2.61. The van der Waals surface area contributed by atoms with Crippen LogP contribution in [0.5, 0.6) is 0 Å². The molecule has 0 radical (unpaired) electrons. The topological polar surface area (TPSA) is 60.3 Å². The predicted molar refractivity (Wildman–Crippen MR) is 84.7 cm³/mol. The molecule has 1 N–H and O–H groups in total. The Morgan fingerprint density at radius 3 is 2.40 bits per heavy atom. The summed E-state index contributed by atoms with van der Waals surface area (Å²) in [5.41, 5.74) is 1.13. The van der Waals surface area contributed by atoms with Crippen LogP contribution in [-0.4, -0.2) is 23.3 Å². The van der Waals surface area contributed by atoms with Gasteiger partial charge >= 0.3 is 6.18 Å². The standard InChI is InChI=1S/C17H17F3N2O3/c18-17(19,20)12-25-11-14-6-4-13(5-7-14)9-21-15(23)10-22-8-2-1-3-16(22)24/h1-8H,9-12H2,(H,21,23). The van der Waals surface area contributed by atoms with E-state index in [2.05, 4.69) is 10.1 Å². The van der Waals surface area contributed by atoms with Gasteiger partial charge in [-0.15, -0.1) is 0 Å². The number of hydrogen-bond donors (Lipinski definition) is 1. The summed E-state index contributed by atoms with van der Waals surface area (Å²) in [6.07, 6.45) is -2.82. The lowest BCUT2D eigenvalue weighted by Crippen LogP contribution is -2.31. The van der Waals surface area contributed by atoms with Crippen LogP contribution in [0.1, 0.15) is 11.1 Å². The predicted octanol–water partition coefficient (Wildman–Crippen LogP) is 2.24. The van der Waals surface area contributed by atoms with Crippen molar-refractivity contribution in [3.63, 3.8) is 0 Å². The zero-order valence-corrected chi connectivity index (χ0v) is 13.3. The van der Waals surface area contributed by atoms with Gasteiger partial charge in [-0.3, -0.25) is 9.59 Å². The van der Waals surface area contributed by atoms with E-state index in [-0.39, 0.29) is 31.2 Å². The summed E-state index contributed by atoms with van der Waals surface area (Å²) >= 11 is 0. The number of pyridine rings is 1. The Labute approximate surface area is 142 Å². The minimum absolute atomic E-state index is 0.0803. The first-order chi connectivity index (χ1) is 11.8. The van der Waals surface area contributed by atoms with Gasteiger partial charge in [-0.2, -0.15) is 13.2 Å². The van der Waals surface area contributed by atoms with Crippen LogP contribution in [-0.2, 0) is 29.2 Å². The van der Waals surface area contributed by atoms with Crippen LogP contribution in [0.15, 0.2) is 53.5 Å². The normalized spacial score (nSPS) is 11.3. The highest BCUT2D eigenvalue weighted by molar-refractivity contribution is 5.75. The van der Waals surface area contributed by atoms with Crippen LogP contribution in [0, 0.1) is 0 Å². The molecule has 1 aromatic carbocycles. The summed E-state index contributed by atoms with van der Waals surface area (Å²) in [5.74, 6) is -0.314. The van der Waals surface area contributed by atoms with Gasteiger partial charge in [0.15, 0.2) is 0 Å². The molecule has 1 aromatic heterocycles. The maximum atomic E-state index is 12.0. The molecular formula is C17H17F3N2O3. The smallest absolute Gasteiger partial charge is 0.367 e. The van der Waals surface area contributed by atoms with Gasteiger partial charge in [-0.05, 0) is 17.2 Å². The molecule has 1 heterocycles. The number of aromatic nitrogens is 1. The van der Waals surface area contributed by atoms with Crippen molar-refractivity contribution in [2.45, 2.75) is 25.9 Å². The minimum atomic E-state index is -4.34. The van der Waals surface area contributed by atoms with Crippen molar-refractivity contribution in [1.82, 2.24) is 9.88 Å². The maximum absolute atomic E-state index is 12.0. The highest BCUT2D eigenvalue weighted by Crippen LogP contribution is 2.15. The van der Waals surface area contributed by atoms with E-state index in [0.717, 1.165) is 5.56 Å². The molecular weight excluding hydrogens is 337 g/mol. The summed E-state index contributed by atoms with van der Waals surface area (Å²) in [6, 6.07) is 11.3. The third-order valence-electron chi connectivity index (χ3n) is 3.26. The van der Waals surface area contributed by atoms with E-state index in [0.29, 0.717) is 5.56 Å². The Morgan fingerprint density at radius 2 is 1.76 bits per heavy atom. The number of nitrogens with one attached hydrogen (secondary N) is 1. The summed E-state index contributed by atoms with van der Waals surface area (Å²) < 4.78 is 41.8. The number of nitrogens with zero attached hydrogens (tertiary/aromatic N) is 1. The fourth-order valence-corrected chi connectivity index (χ4v) is 2.04. The van der Waals surface area contributed by atoms with Crippen LogP contribution in [0.3, 0.4) is 0 Å². The molecule has 1 amide bonds. The Bertz CT molecular complexity index is 755. The lowest BCUT2D eigenvalue weighted by Gasteiger charge is -2.09. The fourth-order valence-electron chi connectivity index (χ4n) is 2.04. The zero-order chi connectivity index (χ0) is 18.3. The summed E-state index contributed by atoms with van der Waals surface area (Å²) in [6.45, 7) is -1.25. The second kappa shape index (κ2) is 8.48. The van der Waals surface area contributed by atoms with Gasteiger partial charge in [0.25, 0.3) is 5.56 Å². The van der Waals surface area contributed by atoms with Crippen molar-refractivity contribution in [2.24, 2.45) is 0 Å². The summed E-state index contributed by atoms with van der Waals surface area (Å²) in [7, 11) is 0. The minimum Gasteiger partial charge on any atom is -0.367 e. The molecule has 0 saturated carbocycles. The van der Waals surface area contributed by atoms with Crippen molar-refractivity contribution in [3.8, 4) is 0 Å². The molecule has 0 aliphatic heterocycles. The number of carbonyl (C=O) groups excluding carboxylic acids is 1. The average Bonchev–Trinajstić information content (AvgIpc) is 2.55. The van der Waals surface area contributed by atoms with Crippen LogP contribution in [0.4, 0.5) is 13.2 Å². The first kappa shape index (κ1) is 18.7. The van der Waals surface area contributed by atoms with Gasteiger partial charge in [-0.1, -0.05) is 30.3 Å². The quantitative estimate of drug-likeness (QED) is 0.830. The van der Waals surface area contributed by atoms with E-state index in [1.54, 1.807) is 36.4 Å². The largest absolute Gasteiger partial charge is 0.411 e. The molecule has 2 aromatic rings. The van der Waals surface area contributed by atoms with Gasteiger partial charge in [0.1, 0.15) is 13.2 Å². The molecule has 0 fully saturated rings. The molecule has 0 aliphatic rings. The third kappa shape index (κ3) is 6.80. The molecule has 0 atom stereocenters. The molecule has 0 aliphatic carbocycles. The number of alkyl halides is 3. The average molecular weight is 354 g/mol. The molecule has 8 heteroatoms. The first-order valence-electron chi connectivity index (χ1n) is 7.48. The number of amides is 1. The van der Waals surface area contributed by atoms with Crippen molar-refractivity contribution >= 4 is 5.91 Å². The number of ether oxygens (including phenoxy) is 1. The molecule has 0 spiro atoms. The Balaban J connectivity index is 1.78. The third-order valence-corrected chi connectivity index (χ3v) is 3.26. The van der Waals surface area contributed by atoms with E-state index >= 15 is 0 Å². The van der Waals surface area contributed by atoms with Gasteiger partial charge in [0, 0.05) is 18.8 Å². The number of rotatable bonds is 7. The van der Waals surface area contributed by atoms with Crippen molar-refractivity contribution in [1.29, 1.82) is 0 Å². The molecule has 2 rings (SSSR count). The Morgan fingerprint density at radius 1 is 1.08 bits per heavy atom. The van der Waals surface area contributed by atoms with Crippen LogP contribution in [0.25, 0.3) is 0 Å². The van der Waals surface area contributed by atoms with E-state index < -0.39 is 12.8 Å². The molecule has 134 valence electrons. The molecule has 0 bridgehead atoms. The number of hydrogen-bond acceptors (Lipinski definition) is 3. The van der Waals surface area contributed by atoms with E-state index in [1.807, 2.05) is 0 Å². The zero-order valence-electron chi connectivity index (χ0n) is 13.3. The second-order valence-electron chi connectivity index (χ2n) is 5.37. The fraction of sp³-hybridized carbons (Fsp3) is 0.294. The Kier molecular flexibility index (Phi) is 6.35. The number of benzene rings is 1. The van der Waals surface area contributed by atoms with Crippen molar-refractivity contribution in [3.05, 3.63) is 70.1 Å². The summed E-state index contributed by atoms with van der Waals surface area (Å²) in [5, 5.41) is 2.68. The van der Waals surface area contributed by atoms with Crippen molar-refractivity contribution < 1.29 is 22.7 Å². The van der Waals surface area contributed by atoms with Gasteiger partial charge in [0.2, 0.25) is 5.91 Å². The van der Waals surface area contributed by atoms with Gasteiger partial charge in [-0.25, -0.2) is 0 Å². The van der Waals surface area contributed by atoms with Crippen LogP contribution in [0.2, 0.25) is 0 Å². The molecule has 5 nitrogen and oxygen atoms in total. The second-order valence-corrected chi connectivity index (χ2v) is 5.37. The molecule has 25 heavy (non-hydrogen) atoms. The van der Waals surface area contributed by atoms with Gasteiger partial charge in [0.05, 0.1) is 6.61 Å². The van der Waals surface area contributed by atoms with E-state index in [9.17, 15) is 22.8 Å².